The maximum absolute atomic E-state index is 12.6. The normalized spacial score (nSPS) is 17.5. The summed E-state index contributed by atoms with van der Waals surface area (Å²) in [5, 5.41) is 0. The fraction of sp³-hybridized carbons (Fsp3) is 0.462. The molecule has 20 heavy (non-hydrogen) atoms. The summed E-state index contributed by atoms with van der Waals surface area (Å²) in [4.78, 5) is 12.4. The summed E-state index contributed by atoms with van der Waals surface area (Å²) in [5.74, 6) is -0.482. The van der Waals surface area contributed by atoms with Crippen LogP contribution in [0.15, 0.2) is 24.3 Å². The van der Waals surface area contributed by atoms with E-state index < -0.39 is 22.2 Å². The van der Waals surface area contributed by atoms with Gasteiger partial charge in [-0.15, -0.1) is 0 Å². The molecule has 0 saturated carbocycles. The molecule has 1 heterocycles. The van der Waals surface area contributed by atoms with Crippen molar-refractivity contribution in [3.63, 3.8) is 0 Å². The number of carbonyl (C=O) groups is 1. The van der Waals surface area contributed by atoms with Gasteiger partial charge in [-0.25, -0.2) is 4.31 Å². The number of carbonyl (C=O) groups excluding carboxylic acids is 1. The fourth-order valence-electron chi connectivity index (χ4n) is 2.24. The van der Waals surface area contributed by atoms with Crippen LogP contribution < -0.4 is 4.31 Å². The van der Waals surface area contributed by atoms with Gasteiger partial charge < -0.3 is 4.74 Å². The van der Waals surface area contributed by atoms with Gasteiger partial charge in [0.15, 0.2) is 0 Å². The number of methoxy groups -OCH3 is 1. The lowest BCUT2D eigenvalue weighted by Gasteiger charge is -2.38. The quantitative estimate of drug-likeness (QED) is 0.839. The number of rotatable bonds is 4. The minimum atomic E-state index is -3.86. The maximum atomic E-state index is 12.6. The number of benzene rings is 1. The third kappa shape index (κ3) is 2.27. The molecule has 7 heteroatoms. The first-order valence-corrected chi connectivity index (χ1v) is 7.75. The molecule has 0 saturated heterocycles. The third-order valence-corrected chi connectivity index (χ3v) is 5.12. The Kier molecular flexibility index (Phi) is 4.01. The predicted molar refractivity (Wildman–Crippen MR) is 75.9 cm³/mol. The van der Waals surface area contributed by atoms with E-state index in [9.17, 15) is 13.2 Å². The minimum absolute atomic E-state index is 0.173. The van der Waals surface area contributed by atoms with Gasteiger partial charge in [-0.2, -0.15) is 8.42 Å². The highest BCUT2D eigenvalue weighted by atomic mass is 32.2. The molecule has 1 aromatic carbocycles. The van der Waals surface area contributed by atoms with E-state index >= 15 is 0 Å². The molecule has 0 aliphatic carbocycles. The van der Waals surface area contributed by atoms with Crippen molar-refractivity contribution < 1.29 is 17.9 Å². The number of ether oxygens (including phenoxy) is 1. The van der Waals surface area contributed by atoms with E-state index in [4.69, 9.17) is 4.74 Å². The number of amides is 1. The van der Waals surface area contributed by atoms with E-state index in [1.165, 1.54) is 11.4 Å². The van der Waals surface area contributed by atoms with Crippen molar-refractivity contribution in [1.29, 1.82) is 0 Å². The van der Waals surface area contributed by atoms with Crippen molar-refractivity contribution in [3.05, 3.63) is 29.8 Å². The molecule has 1 aliphatic rings. The predicted octanol–water partition coefficient (Wildman–Crippen LogP) is 1.25. The maximum Gasteiger partial charge on any atom is 0.329 e. The van der Waals surface area contributed by atoms with Crippen LogP contribution in [0.25, 0.3) is 0 Å². The number of hydrogen-bond acceptors (Lipinski definition) is 4. The number of nitrogens with zero attached hydrogens (tertiary/aromatic N) is 2. The van der Waals surface area contributed by atoms with E-state index in [0.717, 1.165) is 4.31 Å². The van der Waals surface area contributed by atoms with E-state index in [1.54, 1.807) is 38.1 Å². The Morgan fingerprint density at radius 1 is 1.25 bits per heavy atom. The second-order valence-corrected chi connectivity index (χ2v) is 6.51. The summed E-state index contributed by atoms with van der Waals surface area (Å²) < 4.78 is 32.3. The van der Waals surface area contributed by atoms with Crippen LogP contribution in [0.1, 0.15) is 24.2 Å². The third-order valence-electron chi connectivity index (χ3n) is 3.10. The van der Waals surface area contributed by atoms with E-state index in [1.807, 2.05) is 0 Å². The van der Waals surface area contributed by atoms with Gasteiger partial charge in [0.2, 0.25) is 0 Å². The molecule has 0 aromatic heterocycles. The highest BCUT2D eigenvalue weighted by molar-refractivity contribution is 7.91. The monoisotopic (exact) mass is 298 g/mol. The van der Waals surface area contributed by atoms with Crippen molar-refractivity contribution >= 4 is 21.8 Å². The first-order chi connectivity index (χ1) is 9.41. The summed E-state index contributed by atoms with van der Waals surface area (Å²) in [7, 11) is -2.35. The summed E-state index contributed by atoms with van der Waals surface area (Å²) in [6.07, 6.45) is 0. The Hall–Kier alpha value is -1.60. The van der Waals surface area contributed by atoms with Crippen molar-refractivity contribution in [2.75, 3.05) is 24.6 Å². The van der Waals surface area contributed by atoms with Crippen molar-refractivity contribution in [1.82, 2.24) is 4.31 Å². The number of anilines is 1. The molecule has 0 bridgehead atoms. The zero-order chi connectivity index (χ0) is 14.9. The van der Waals surface area contributed by atoms with Crippen molar-refractivity contribution in [2.45, 2.75) is 19.9 Å². The summed E-state index contributed by atoms with van der Waals surface area (Å²) >= 11 is 0. The van der Waals surface area contributed by atoms with Gasteiger partial charge in [-0.1, -0.05) is 12.1 Å². The highest BCUT2D eigenvalue weighted by Crippen LogP contribution is 2.32. The largest absolute Gasteiger partial charge is 0.383 e. The Balaban J connectivity index is 2.59. The van der Waals surface area contributed by atoms with Crippen LogP contribution in [0.4, 0.5) is 5.69 Å². The van der Waals surface area contributed by atoms with Gasteiger partial charge in [-0.3, -0.25) is 9.10 Å². The molecule has 0 unspecified atom stereocenters. The molecular weight excluding hydrogens is 280 g/mol. The average molecular weight is 298 g/mol. The topological polar surface area (TPSA) is 66.9 Å². The van der Waals surface area contributed by atoms with Gasteiger partial charge in [0, 0.05) is 13.2 Å². The molecule has 2 rings (SSSR count). The Morgan fingerprint density at radius 3 is 2.50 bits per heavy atom. The van der Waals surface area contributed by atoms with Crippen LogP contribution in [0.3, 0.4) is 0 Å². The second kappa shape index (κ2) is 5.41. The van der Waals surface area contributed by atoms with Crippen molar-refractivity contribution in [3.8, 4) is 0 Å². The minimum Gasteiger partial charge on any atom is -0.383 e. The SMILES string of the molecule is COCCN1c2ccccc2C(=O)N(C(C)C)S1(=O)=O. The van der Waals surface area contributed by atoms with Gasteiger partial charge in [-0.05, 0) is 26.0 Å². The zero-order valence-electron chi connectivity index (χ0n) is 11.7. The van der Waals surface area contributed by atoms with E-state index in [-0.39, 0.29) is 13.2 Å². The first kappa shape index (κ1) is 14.8. The Bertz CT molecular complexity index is 613. The molecule has 0 N–H and O–H groups in total. The molecule has 0 spiro atoms. The molecule has 0 radical (unpaired) electrons. The van der Waals surface area contributed by atoms with E-state index in [0.29, 0.717) is 11.3 Å². The summed E-state index contributed by atoms with van der Waals surface area (Å²) in [6, 6.07) is 6.28. The van der Waals surface area contributed by atoms with Crippen LogP contribution in [0.5, 0.6) is 0 Å². The molecule has 1 aromatic rings. The standard InChI is InChI=1S/C13H18N2O4S/c1-10(2)15-13(16)11-6-4-5-7-12(11)14(8-9-19-3)20(15,17)18/h4-7,10H,8-9H2,1-3H3. The molecule has 0 atom stereocenters. The number of fused-ring (bicyclic) bond motifs is 1. The number of hydrogen-bond donors (Lipinski definition) is 0. The molecule has 6 nitrogen and oxygen atoms in total. The van der Waals surface area contributed by atoms with Gasteiger partial charge in [0.1, 0.15) is 0 Å². The smallest absolute Gasteiger partial charge is 0.329 e. The van der Waals surface area contributed by atoms with Gasteiger partial charge >= 0.3 is 10.2 Å². The summed E-state index contributed by atoms with van der Waals surface area (Å²) in [5.41, 5.74) is 0.804. The number of para-hydroxylation sites is 1. The van der Waals surface area contributed by atoms with Gasteiger partial charge in [0.05, 0.1) is 24.4 Å². The van der Waals surface area contributed by atoms with Crippen LogP contribution in [0, 0.1) is 0 Å². The highest BCUT2D eigenvalue weighted by Gasteiger charge is 2.42. The second-order valence-electron chi connectivity index (χ2n) is 4.78. The molecular formula is C13H18N2O4S. The molecule has 110 valence electrons. The summed E-state index contributed by atoms with van der Waals surface area (Å²) in [6.45, 7) is 3.79. The Morgan fingerprint density at radius 2 is 1.90 bits per heavy atom. The Labute approximate surface area is 119 Å². The van der Waals surface area contributed by atoms with Crippen LogP contribution in [0.2, 0.25) is 0 Å². The molecule has 0 fully saturated rings. The first-order valence-electron chi connectivity index (χ1n) is 6.35. The van der Waals surface area contributed by atoms with Crippen LogP contribution >= 0.6 is 0 Å². The average Bonchev–Trinajstić information content (AvgIpc) is 2.37. The lowest BCUT2D eigenvalue weighted by molar-refractivity contribution is 0.0830. The van der Waals surface area contributed by atoms with Crippen LogP contribution in [-0.2, 0) is 14.9 Å². The lowest BCUT2D eigenvalue weighted by Crippen LogP contribution is -2.54. The fourth-order valence-corrected chi connectivity index (χ4v) is 4.00. The molecule has 1 aliphatic heterocycles. The van der Waals surface area contributed by atoms with E-state index in [2.05, 4.69) is 0 Å². The van der Waals surface area contributed by atoms with Crippen molar-refractivity contribution in [2.24, 2.45) is 0 Å². The van der Waals surface area contributed by atoms with Gasteiger partial charge in [0.25, 0.3) is 5.91 Å². The molecule has 1 amide bonds. The lowest BCUT2D eigenvalue weighted by atomic mass is 10.1. The zero-order valence-corrected chi connectivity index (χ0v) is 12.6. The van der Waals surface area contributed by atoms with Crippen LogP contribution in [-0.4, -0.2) is 44.9 Å².